The maximum atomic E-state index is 11.7. The Hall–Kier alpha value is -2.65. The van der Waals surface area contributed by atoms with Gasteiger partial charge in [0.25, 0.3) is 11.8 Å². The Kier molecular flexibility index (Phi) is 4.92. The molecule has 2 saturated heterocycles. The summed E-state index contributed by atoms with van der Waals surface area (Å²) in [6.45, 7) is 1.54. The highest BCUT2D eigenvalue weighted by atomic mass is 16.2. The molecule has 2 atom stereocenters. The number of hydrogen-bond acceptors (Lipinski definition) is 5. The number of nitrogens with zero attached hydrogens (tertiary/aromatic N) is 1. The van der Waals surface area contributed by atoms with Crippen molar-refractivity contribution in [2.75, 3.05) is 0 Å². The van der Waals surface area contributed by atoms with E-state index < -0.39 is 18.0 Å². The lowest BCUT2D eigenvalue weighted by Crippen LogP contribution is -2.49. The highest BCUT2D eigenvalue weighted by Gasteiger charge is 2.28. The van der Waals surface area contributed by atoms with Gasteiger partial charge in [0, 0.05) is 12.8 Å². The number of hydrogen-bond donors (Lipinski definition) is 5. The Labute approximate surface area is 126 Å². The lowest BCUT2D eigenvalue weighted by Gasteiger charge is -2.13. The second-order valence-corrected chi connectivity index (χ2v) is 5.11. The molecule has 0 aromatic heterocycles. The number of nitrogens with one attached hydrogen (secondary N) is 5. The maximum absolute atomic E-state index is 11.7. The normalized spacial score (nSPS) is 24.5. The van der Waals surface area contributed by atoms with Crippen molar-refractivity contribution >= 4 is 29.5 Å². The van der Waals surface area contributed by atoms with Crippen LogP contribution < -0.4 is 26.9 Å². The fourth-order valence-electron chi connectivity index (χ4n) is 2.11. The van der Waals surface area contributed by atoms with Crippen LogP contribution in [-0.2, 0) is 19.2 Å². The molecule has 0 saturated carbocycles. The van der Waals surface area contributed by atoms with Crippen molar-refractivity contribution < 1.29 is 19.2 Å². The van der Waals surface area contributed by atoms with Gasteiger partial charge in [-0.3, -0.25) is 30.0 Å². The lowest BCUT2D eigenvalue weighted by atomic mass is 10.2. The van der Waals surface area contributed by atoms with E-state index in [1.54, 1.807) is 6.92 Å². The molecule has 5 N–H and O–H groups in total. The summed E-state index contributed by atoms with van der Waals surface area (Å²) in [5, 5.41) is 8.81. The van der Waals surface area contributed by atoms with Crippen molar-refractivity contribution in [3.05, 3.63) is 0 Å². The van der Waals surface area contributed by atoms with Crippen LogP contribution in [0.4, 0.5) is 0 Å². The molecule has 0 aromatic carbocycles. The standard InChI is InChI=1S/C12H18N6O4/c1-6(15-17-11(21)7-2-4-9(19)13-7)16-18-12(22)8-3-5-10(20)14-8/h7-8H,2-5H2,1H3,(H,13,19)(H,14,20)(H,15,16)(H,17,21)(H,18,22). The number of rotatable bonds is 3. The van der Waals surface area contributed by atoms with Gasteiger partial charge in [-0.1, -0.05) is 0 Å². The first kappa shape index (κ1) is 15.7. The third-order valence-electron chi connectivity index (χ3n) is 3.32. The first-order valence-electron chi connectivity index (χ1n) is 6.94. The van der Waals surface area contributed by atoms with Crippen LogP contribution in [0.5, 0.6) is 0 Å². The van der Waals surface area contributed by atoms with Crippen LogP contribution in [0.15, 0.2) is 5.10 Å². The third-order valence-corrected chi connectivity index (χ3v) is 3.32. The Bertz CT molecular complexity index is 532. The molecule has 0 aliphatic carbocycles. The van der Waals surface area contributed by atoms with Crippen molar-refractivity contribution in [1.82, 2.24) is 26.9 Å². The van der Waals surface area contributed by atoms with Gasteiger partial charge in [-0.05, 0) is 19.8 Å². The molecule has 120 valence electrons. The molecule has 2 rings (SSSR count). The molecule has 10 heteroatoms. The highest BCUT2D eigenvalue weighted by molar-refractivity contribution is 5.93. The van der Waals surface area contributed by atoms with E-state index in [-0.39, 0.29) is 23.6 Å². The van der Waals surface area contributed by atoms with Gasteiger partial charge in [0.1, 0.15) is 17.9 Å². The van der Waals surface area contributed by atoms with E-state index in [1.165, 1.54) is 0 Å². The summed E-state index contributed by atoms with van der Waals surface area (Å²) in [7, 11) is 0. The number of hydrazone groups is 1. The third kappa shape index (κ3) is 4.17. The molecule has 2 aliphatic heterocycles. The predicted octanol–water partition coefficient (Wildman–Crippen LogP) is -2.39. The van der Waals surface area contributed by atoms with Gasteiger partial charge in [0.2, 0.25) is 11.8 Å². The predicted molar refractivity (Wildman–Crippen MR) is 74.9 cm³/mol. The Balaban J connectivity index is 1.71. The van der Waals surface area contributed by atoms with Crippen molar-refractivity contribution in [2.45, 2.75) is 44.7 Å². The molecule has 0 bridgehead atoms. The zero-order valence-corrected chi connectivity index (χ0v) is 12.1. The van der Waals surface area contributed by atoms with Crippen molar-refractivity contribution in [2.24, 2.45) is 5.10 Å². The lowest BCUT2D eigenvalue weighted by molar-refractivity contribution is -0.126. The molecule has 0 aromatic rings. The second-order valence-electron chi connectivity index (χ2n) is 5.11. The van der Waals surface area contributed by atoms with Crippen LogP contribution in [0.3, 0.4) is 0 Å². The molecular formula is C12H18N6O4. The molecule has 2 unspecified atom stereocenters. The van der Waals surface area contributed by atoms with Crippen molar-refractivity contribution in [1.29, 1.82) is 0 Å². The first-order chi connectivity index (χ1) is 10.5. The fourth-order valence-corrected chi connectivity index (χ4v) is 2.11. The summed E-state index contributed by atoms with van der Waals surface area (Å²) < 4.78 is 0. The van der Waals surface area contributed by atoms with Crippen LogP contribution >= 0.6 is 0 Å². The number of amides is 4. The molecule has 2 aliphatic rings. The first-order valence-corrected chi connectivity index (χ1v) is 6.94. The summed E-state index contributed by atoms with van der Waals surface area (Å²) in [6, 6.07) is -1.14. The van der Waals surface area contributed by atoms with E-state index in [0.29, 0.717) is 25.7 Å². The van der Waals surface area contributed by atoms with E-state index in [2.05, 4.69) is 32.0 Å². The smallest absolute Gasteiger partial charge is 0.262 e. The Morgan fingerprint density at radius 1 is 1.00 bits per heavy atom. The average Bonchev–Trinajstić information content (AvgIpc) is 3.10. The van der Waals surface area contributed by atoms with Crippen molar-refractivity contribution in [3.8, 4) is 0 Å². The maximum Gasteiger partial charge on any atom is 0.262 e. The Morgan fingerprint density at radius 2 is 1.55 bits per heavy atom. The highest BCUT2D eigenvalue weighted by Crippen LogP contribution is 2.06. The minimum absolute atomic E-state index is 0.156. The number of amidine groups is 1. The van der Waals surface area contributed by atoms with E-state index in [1.807, 2.05) is 0 Å². The Morgan fingerprint density at radius 3 is 2.05 bits per heavy atom. The number of carbonyl (C=O) groups is 4. The van der Waals surface area contributed by atoms with E-state index >= 15 is 0 Å². The monoisotopic (exact) mass is 310 g/mol. The molecule has 0 spiro atoms. The van der Waals surface area contributed by atoms with Crippen LogP contribution in [0.25, 0.3) is 0 Å². The fraction of sp³-hybridized carbons (Fsp3) is 0.583. The van der Waals surface area contributed by atoms with Crippen LogP contribution in [0, 0.1) is 0 Å². The van der Waals surface area contributed by atoms with Crippen LogP contribution in [-0.4, -0.2) is 41.5 Å². The summed E-state index contributed by atoms with van der Waals surface area (Å²) in [4.78, 5) is 45.4. The molecule has 2 fully saturated rings. The van der Waals surface area contributed by atoms with E-state index in [4.69, 9.17) is 0 Å². The minimum Gasteiger partial charge on any atom is -0.344 e. The van der Waals surface area contributed by atoms with Gasteiger partial charge in [0.15, 0.2) is 0 Å². The van der Waals surface area contributed by atoms with Crippen molar-refractivity contribution in [3.63, 3.8) is 0 Å². The van der Waals surface area contributed by atoms with E-state index in [9.17, 15) is 19.2 Å². The largest absolute Gasteiger partial charge is 0.344 e. The summed E-state index contributed by atoms with van der Waals surface area (Å²) in [6.07, 6.45) is 1.53. The zero-order valence-electron chi connectivity index (χ0n) is 12.1. The van der Waals surface area contributed by atoms with E-state index in [0.717, 1.165) is 0 Å². The van der Waals surface area contributed by atoms with Crippen LogP contribution in [0.1, 0.15) is 32.6 Å². The van der Waals surface area contributed by atoms with Crippen LogP contribution in [0.2, 0.25) is 0 Å². The molecular weight excluding hydrogens is 292 g/mol. The molecule has 0 radical (unpaired) electrons. The second kappa shape index (κ2) is 6.87. The quantitative estimate of drug-likeness (QED) is 0.225. The minimum atomic E-state index is -0.577. The van der Waals surface area contributed by atoms with Gasteiger partial charge in [-0.25, -0.2) is 5.43 Å². The van der Waals surface area contributed by atoms with Gasteiger partial charge >= 0.3 is 0 Å². The summed E-state index contributed by atoms with van der Waals surface area (Å²) in [5.41, 5.74) is 7.21. The molecule has 22 heavy (non-hydrogen) atoms. The SMILES string of the molecule is C/C(=N\NC(=O)C1CCC(=O)N1)NNC(=O)C1CCC(=O)N1. The number of carbonyl (C=O) groups excluding carboxylic acids is 4. The molecule has 10 nitrogen and oxygen atoms in total. The molecule has 4 amide bonds. The summed E-state index contributed by atoms with van der Waals surface area (Å²) >= 11 is 0. The topological polar surface area (TPSA) is 141 Å². The van der Waals surface area contributed by atoms with Gasteiger partial charge in [0.05, 0.1) is 0 Å². The van der Waals surface area contributed by atoms with Gasteiger partial charge < -0.3 is 10.6 Å². The van der Waals surface area contributed by atoms with Gasteiger partial charge in [-0.15, -0.1) is 0 Å². The summed E-state index contributed by atoms with van der Waals surface area (Å²) in [5.74, 6) is -0.854. The zero-order chi connectivity index (χ0) is 16.1. The average molecular weight is 310 g/mol. The molecule has 2 heterocycles. The number of hydrazine groups is 1. The van der Waals surface area contributed by atoms with Gasteiger partial charge in [-0.2, -0.15) is 5.10 Å².